The Morgan fingerprint density at radius 3 is 2.41 bits per heavy atom. The highest BCUT2D eigenvalue weighted by Crippen LogP contribution is 2.23. The van der Waals surface area contributed by atoms with Crippen LogP contribution in [0.15, 0.2) is 48.5 Å². The van der Waals surface area contributed by atoms with Gasteiger partial charge in [0.15, 0.2) is 5.78 Å². The highest BCUT2D eigenvalue weighted by molar-refractivity contribution is 5.96. The van der Waals surface area contributed by atoms with Crippen LogP contribution >= 0.6 is 0 Å². The molecule has 22 heavy (non-hydrogen) atoms. The maximum absolute atomic E-state index is 11.9. The third-order valence-electron chi connectivity index (χ3n) is 3.39. The summed E-state index contributed by atoms with van der Waals surface area (Å²) in [5.41, 5.74) is 2.48. The fourth-order valence-electron chi connectivity index (χ4n) is 2.22. The van der Waals surface area contributed by atoms with Crippen molar-refractivity contribution < 1.29 is 14.3 Å². The lowest BCUT2D eigenvalue weighted by Crippen LogP contribution is -2.05. The van der Waals surface area contributed by atoms with Crippen LogP contribution in [0.25, 0.3) is 0 Å². The number of benzene rings is 2. The SMILES string of the molecule is CCC(=O)c1ccc(CC(C)=O)c(OCc2ccccc2)c1. The molecule has 0 aromatic heterocycles. The minimum absolute atomic E-state index is 0.0685. The molecule has 0 spiro atoms. The molecule has 0 unspecified atom stereocenters. The molecule has 114 valence electrons. The number of rotatable bonds is 7. The van der Waals surface area contributed by atoms with E-state index in [1.807, 2.05) is 43.3 Å². The molecule has 2 aromatic carbocycles. The molecule has 0 atom stereocenters. The van der Waals surface area contributed by atoms with Crippen LogP contribution in [0.3, 0.4) is 0 Å². The molecule has 0 saturated carbocycles. The van der Waals surface area contributed by atoms with Gasteiger partial charge in [-0.1, -0.05) is 49.4 Å². The fraction of sp³-hybridized carbons (Fsp3) is 0.263. The summed E-state index contributed by atoms with van der Waals surface area (Å²) in [6.07, 6.45) is 0.759. The molecular formula is C19H20O3. The molecule has 0 aliphatic carbocycles. The summed E-state index contributed by atoms with van der Waals surface area (Å²) >= 11 is 0. The minimum atomic E-state index is 0.0685. The standard InChI is InChI=1S/C19H20O3/c1-3-18(21)16-9-10-17(11-14(2)20)19(12-16)22-13-15-7-5-4-6-8-15/h4-10,12H,3,11,13H2,1-2H3. The van der Waals surface area contributed by atoms with E-state index in [4.69, 9.17) is 4.74 Å². The van der Waals surface area contributed by atoms with E-state index in [-0.39, 0.29) is 11.6 Å². The van der Waals surface area contributed by atoms with Gasteiger partial charge < -0.3 is 4.74 Å². The molecule has 0 bridgehead atoms. The lowest BCUT2D eigenvalue weighted by atomic mass is 10.0. The number of hydrogen-bond donors (Lipinski definition) is 0. The van der Waals surface area contributed by atoms with Crippen molar-refractivity contribution in [3.05, 3.63) is 65.2 Å². The fourth-order valence-corrected chi connectivity index (χ4v) is 2.22. The van der Waals surface area contributed by atoms with Crippen LogP contribution in [-0.2, 0) is 17.8 Å². The first kappa shape index (κ1) is 16.0. The van der Waals surface area contributed by atoms with Gasteiger partial charge in [-0.3, -0.25) is 9.59 Å². The molecule has 0 radical (unpaired) electrons. The summed E-state index contributed by atoms with van der Waals surface area (Å²) in [6, 6.07) is 15.1. The Morgan fingerprint density at radius 1 is 1.05 bits per heavy atom. The normalized spacial score (nSPS) is 10.3. The molecule has 0 N–H and O–H groups in total. The van der Waals surface area contributed by atoms with Gasteiger partial charge in [-0.15, -0.1) is 0 Å². The molecule has 0 aliphatic rings. The van der Waals surface area contributed by atoms with E-state index in [1.165, 1.54) is 0 Å². The Hall–Kier alpha value is -2.42. The molecule has 3 nitrogen and oxygen atoms in total. The number of carbonyl (C=O) groups excluding carboxylic acids is 2. The third-order valence-corrected chi connectivity index (χ3v) is 3.39. The van der Waals surface area contributed by atoms with Crippen molar-refractivity contribution >= 4 is 11.6 Å². The zero-order valence-electron chi connectivity index (χ0n) is 13.0. The van der Waals surface area contributed by atoms with E-state index >= 15 is 0 Å². The summed E-state index contributed by atoms with van der Waals surface area (Å²) in [4.78, 5) is 23.2. The van der Waals surface area contributed by atoms with Crippen LogP contribution in [0.4, 0.5) is 0 Å². The smallest absolute Gasteiger partial charge is 0.162 e. The zero-order valence-corrected chi connectivity index (χ0v) is 13.0. The van der Waals surface area contributed by atoms with Gasteiger partial charge in [-0.2, -0.15) is 0 Å². The average molecular weight is 296 g/mol. The highest BCUT2D eigenvalue weighted by atomic mass is 16.5. The van der Waals surface area contributed by atoms with E-state index in [0.29, 0.717) is 30.8 Å². The Labute approximate surface area is 130 Å². The number of ether oxygens (including phenoxy) is 1. The Kier molecular flexibility index (Phi) is 5.48. The number of Topliss-reactive ketones (excluding diaryl/α,β-unsaturated/α-hetero) is 2. The monoisotopic (exact) mass is 296 g/mol. The summed E-state index contributed by atoms with van der Waals surface area (Å²) in [5.74, 6) is 0.747. The highest BCUT2D eigenvalue weighted by Gasteiger charge is 2.11. The Balaban J connectivity index is 2.24. The molecule has 2 aromatic rings. The Bertz CT molecular complexity index is 660. The summed E-state index contributed by atoms with van der Waals surface area (Å²) in [7, 11) is 0. The number of carbonyl (C=O) groups is 2. The van der Waals surface area contributed by atoms with Crippen molar-refractivity contribution in [2.45, 2.75) is 33.3 Å². The number of hydrogen-bond acceptors (Lipinski definition) is 3. The summed E-state index contributed by atoms with van der Waals surface area (Å²) in [6.45, 7) is 3.79. The first-order valence-electron chi connectivity index (χ1n) is 7.42. The second-order valence-electron chi connectivity index (χ2n) is 5.25. The predicted molar refractivity (Wildman–Crippen MR) is 86.2 cm³/mol. The first-order chi connectivity index (χ1) is 10.6. The molecule has 3 heteroatoms. The van der Waals surface area contributed by atoms with E-state index in [0.717, 1.165) is 11.1 Å². The van der Waals surface area contributed by atoms with Gasteiger partial charge in [-0.25, -0.2) is 0 Å². The molecule has 2 rings (SSSR count). The van der Waals surface area contributed by atoms with Gasteiger partial charge in [0.25, 0.3) is 0 Å². The van der Waals surface area contributed by atoms with E-state index in [1.54, 1.807) is 19.1 Å². The topological polar surface area (TPSA) is 43.4 Å². The van der Waals surface area contributed by atoms with E-state index < -0.39 is 0 Å². The molecule has 0 fully saturated rings. The zero-order chi connectivity index (χ0) is 15.9. The third kappa shape index (κ3) is 4.29. The van der Waals surface area contributed by atoms with Crippen LogP contribution in [0, 0.1) is 0 Å². The van der Waals surface area contributed by atoms with Crippen LogP contribution in [0.5, 0.6) is 5.75 Å². The van der Waals surface area contributed by atoms with Crippen molar-refractivity contribution in [1.29, 1.82) is 0 Å². The maximum atomic E-state index is 11.9. The largest absolute Gasteiger partial charge is 0.489 e. The van der Waals surface area contributed by atoms with Crippen molar-refractivity contribution in [2.75, 3.05) is 0 Å². The van der Waals surface area contributed by atoms with Crippen LogP contribution < -0.4 is 4.74 Å². The molecule has 0 amide bonds. The molecule has 0 heterocycles. The average Bonchev–Trinajstić information content (AvgIpc) is 2.53. The maximum Gasteiger partial charge on any atom is 0.162 e. The minimum Gasteiger partial charge on any atom is -0.489 e. The second kappa shape index (κ2) is 7.55. The summed E-state index contributed by atoms with van der Waals surface area (Å²) < 4.78 is 5.85. The lowest BCUT2D eigenvalue weighted by molar-refractivity contribution is -0.116. The molecular weight excluding hydrogens is 276 g/mol. The van der Waals surface area contributed by atoms with Crippen molar-refractivity contribution in [2.24, 2.45) is 0 Å². The second-order valence-corrected chi connectivity index (χ2v) is 5.25. The lowest BCUT2D eigenvalue weighted by Gasteiger charge is -2.12. The van der Waals surface area contributed by atoms with Gasteiger partial charge in [0.2, 0.25) is 0 Å². The Morgan fingerprint density at radius 2 is 1.77 bits per heavy atom. The van der Waals surface area contributed by atoms with Gasteiger partial charge in [0.05, 0.1) is 0 Å². The van der Waals surface area contributed by atoms with Crippen LogP contribution in [0.1, 0.15) is 41.8 Å². The van der Waals surface area contributed by atoms with Crippen molar-refractivity contribution in [3.63, 3.8) is 0 Å². The van der Waals surface area contributed by atoms with Gasteiger partial charge in [-0.05, 0) is 18.6 Å². The van der Waals surface area contributed by atoms with Crippen LogP contribution in [0.2, 0.25) is 0 Å². The van der Waals surface area contributed by atoms with Gasteiger partial charge in [0.1, 0.15) is 18.1 Å². The van der Waals surface area contributed by atoms with Gasteiger partial charge in [0, 0.05) is 24.0 Å². The van der Waals surface area contributed by atoms with E-state index in [9.17, 15) is 9.59 Å². The predicted octanol–water partition coefficient (Wildman–Crippen LogP) is 3.99. The van der Waals surface area contributed by atoms with Gasteiger partial charge >= 0.3 is 0 Å². The first-order valence-corrected chi connectivity index (χ1v) is 7.42. The number of ketones is 2. The molecule has 0 aliphatic heterocycles. The summed E-state index contributed by atoms with van der Waals surface area (Å²) in [5, 5.41) is 0. The van der Waals surface area contributed by atoms with Crippen LogP contribution in [-0.4, -0.2) is 11.6 Å². The van der Waals surface area contributed by atoms with Crippen molar-refractivity contribution in [3.8, 4) is 5.75 Å². The van der Waals surface area contributed by atoms with E-state index in [2.05, 4.69) is 0 Å². The quantitative estimate of drug-likeness (QED) is 0.726. The molecule has 0 saturated heterocycles. The van der Waals surface area contributed by atoms with Crippen molar-refractivity contribution in [1.82, 2.24) is 0 Å².